The average molecular weight is 552 g/mol. The van der Waals surface area contributed by atoms with E-state index in [1.54, 1.807) is 6.92 Å². The van der Waals surface area contributed by atoms with Gasteiger partial charge in [-0.15, -0.1) is 11.3 Å². The number of carbonyl (C=O) groups excluding carboxylic acids is 1. The molecule has 2 saturated heterocycles. The molecule has 9 nitrogen and oxygen atoms in total. The zero-order valence-electron chi connectivity index (χ0n) is 22.5. The fraction of sp³-hybridized carbons (Fsp3) is 0.731. The summed E-state index contributed by atoms with van der Waals surface area (Å²) < 4.78 is 30.1. The Kier molecular flexibility index (Phi) is 9.09. The molecule has 0 spiro atoms. The van der Waals surface area contributed by atoms with E-state index in [4.69, 9.17) is 0 Å². The number of nitrogens with zero attached hydrogens (tertiary/aromatic N) is 4. The van der Waals surface area contributed by atoms with Crippen LogP contribution in [0.2, 0.25) is 0 Å². The van der Waals surface area contributed by atoms with Crippen molar-refractivity contribution in [2.75, 3.05) is 32.7 Å². The lowest BCUT2D eigenvalue weighted by Crippen LogP contribution is -2.43. The first-order chi connectivity index (χ1) is 17.6. The summed E-state index contributed by atoms with van der Waals surface area (Å²) in [6.07, 6.45) is 8.11. The van der Waals surface area contributed by atoms with E-state index in [1.165, 1.54) is 45.8 Å². The van der Waals surface area contributed by atoms with Crippen molar-refractivity contribution in [3.8, 4) is 0 Å². The molecule has 2 aliphatic heterocycles. The van der Waals surface area contributed by atoms with Crippen LogP contribution in [0.15, 0.2) is 16.0 Å². The number of amides is 1. The molecule has 0 aromatic carbocycles. The molecular weight excluding hydrogens is 510 g/mol. The van der Waals surface area contributed by atoms with Crippen molar-refractivity contribution in [2.45, 2.75) is 83.7 Å². The average Bonchev–Trinajstić information content (AvgIpc) is 3.20. The van der Waals surface area contributed by atoms with Crippen molar-refractivity contribution in [3.63, 3.8) is 0 Å². The summed E-state index contributed by atoms with van der Waals surface area (Å²) >= 11 is 1.21. The second-order valence-corrected chi connectivity index (χ2v) is 14.0. The van der Waals surface area contributed by atoms with Crippen LogP contribution < -0.4 is 10.9 Å². The van der Waals surface area contributed by atoms with Gasteiger partial charge in [0.15, 0.2) is 0 Å². The first-order valence-corrected chi connectivity index (χ1v) is 15.9. The summed E-state index contributed by atoms with van der Waals surface area (Å²) in [4.78, 5) is 33.9. The molecule has 4 heterocycles. The number of sulfonamides is 1. The second kappa shape index (κ2) is 11.9. The number of carbonyl (C=O) groups is 1. The minimum absolute atomic E-state index is 0.0491. The van der Waals surface area contributed by atoms with Crippen LogP contribution in [-0.4, -0.2) is 71.8 Å². The van der Waals surface area contributed by atoms with E-state index >= 15 is 0 Å². The molecule has 2 aromatic rings. The molecule has 37 heavy (non-hydrogen) atoms. The molecule has 0 unspecified atom stereocenters. The SMILES string of the molecule is CC[C@@H]1CCCCN1CCCNC(=O)Cn1cnc2sc(C)c(S(=O)(=O)N3C[C@@H](C)C[C@H](C)C3)c2c1=O. The Morgan fingerprint density at radius 1 is 1.22 bits per heavy atom. The van der Waals surface area contributed by atoms with E-state index in [-0.39, 0.29) is 34.6 Å². The van der Waals surface area contributed by atoms with Crippen LogP contribution in [0, 0.1) is 18.8 Å². The molecule has 1 amide bonds. The maximum absolute atomic E-state index is 13.7. The topological polar surface area (TPSA) is 105 Å². The number of aryl methyl sites for hydroxylation is 1. The van der Waals surface area contributed by atoms with Gasteiger partial charge in [-0.3, -0.25) is 14.2 Å². The third kappa shape index (κ3) is 6.26. The quantitative estimate of drug-likeness (QED) is 0.480. The molecule has 0 aliphatic carbocycles. The van der Waals surface area contributed by atoms with Gasteiger partial charge in [0.25, 0.3) is 5.56 Å². The number of nitrogens with one attached hydrogen (secondary N) is 1. The van der Waals surface area contributed by atoms with E-state index < -0.39 is 15.6 Å². The number of hydrogen-bond donors (Lipinski definition) is 1. The van der Waals surface area contributed by atoms with Crippen LogP contribution in [0.3, 0.4) is 0 Å². The van der Waals surface area contributed by atoms with Crippen LogP contribution in [0.1, 0.15) is 64.2 Å². The highest BCUT2D eigenvalue weighted by Gasteiger charge is 2.36. The standard InChI is InChI=1S/C26H41N5O4S2/c1-5-21-9-6-7-11-29(21)12-8-10-27-22(32)16-30-17-28-25-23(26(30)33)24(20(4)36-25)37(34,35)31-14-18(2)13-19(3)15-31/h17-19,21H,5-16H2,1-4H3,(H,27,32)/t18-,19-,21+/m0/s1. The molecule has 0 radical (unpaired) electrons. The lowest BCUT2D eigenvalue weighted by molar-refractivity contribution is -0.121. The first kappa shape index (κ1) is 28.2. The first-order valence-electron chi connectivity index (χ1n) is 13.6. The lowest BCUT2D eigenvalue weighted by atomic mass is 9.94. The number of hydrogen-bond acceptors (Lipinski definition) is 7. The summed E-state index contributed by atoms with van der Waals surface area (Å²) in [5.41, 5.74) is -0.486. The van der Waals surface area contributed by atoms with Gasteiger partial charge in [0.1, 0.15) is 16.3 Å². The molecule has 2 fully saturated rings. The van der Waals surface area contributed by atoms with E-state index in [1.807, 2.05) is 0 Å². The fourth-order valence-electron chi connectivity index (χ4n) is 6.00. The van der Waals surface area contributed by atoms with Gasteiger partial charge in [0.05, 0.1) is 11.7 Å². The molecule has 0 saturated carbocycles. The Morgan fingerprint density at radius 3 is 2.65 bits per heavy atom. The highest BCUT2D eigenvalue weighted by Crippen LogP contribution is 2.35. The maximum Gasteiger partial charge on any atom is 0.263 e. The van der Waals surface area contributed by atoms with Crippen molar-refractivity contribution in [2.24, 2.45) is 11.8 Å². The molecule has 4 rings (SSSR count). The van der Waals surface area contributed by atoms with Gasteiger partial charge in [-0.2, -0.15) is 4.31 Å². The monoisotopic (exact) mass is 551 g/mol. The number of thiophene rings is 1. The van der Waals surface area contributed by atoms with Gasteiger partial charge in [-0.1, -0.05) is 27.2 Å². The van der Waals surface area contributed by atoms with Crippen LogP contribution >= 0.6 is 11.3 Å². The molecule has 0 bridgehead atoms. The summed E-state index contributed by atoms with van der Waals surface area (Å²) in [5, 5.41) is 3.01. The molecule has 1 N–H and O–H groups in total. The predicted octanol–water partition coefficient (Wildman–Crippen LogP) is 3.20. The zero-order chi connectivity index (χ0) is 26.7. The van der Waals surface area contributed by atoms with Crippen molar-refractivity contribution in [3.05, 3.63) is 21.6 Å². The maximum atomic E-state index is 13.7. The Balaban J connectivity index is 1.46. The Morgan fingerprint density at radius 2 is 1.95 bits per heavy atom. The van der Waals surface area contributed by atoms with E-state index in [0.717, 1.165) is 32.4 Å². The predicted molar refractivity (Wildman–Crippen MR) is 147 cm³/mol. The fourth-order valence-corrected chi connectivity index (χ4v) is 9.35. The highest BCUT2D eigenvalue weighted by atomic mass is 32.2. The molecule has 2 aromatic heterocycles. The minimum atomic E-state index is -3.86. The summed E-state index contributed by atoms with van der Waals surface area (Å²) in [6.45, 7) is 11.4. The molecule has 206 valence electrons. The largest absolute Gasteiger partial charge is 0.354 e. The third-order valence-electron chi connectivity index (χ3n) is 7.71. The van der Waals surface area contributed by atoms with E-state index in [0.29, 0.717) is 35.4 Å². The van der Waals surface area contributed by atoms with Crippen molar-refractivity contribution >= 4 is 37.5 Å². The van der Waals surface area contributed by atoms with E-state index in [2.05, 4.69) is 36.0 Å². The van der Waals surface area contributed by atoms with Gasteiger partial charge in [-0.25, -0.2) is 13.4 Å². The third-order valence-corrected chi connectivity index (χ3v) is 10.9. The van der Waals surface area contributed by atoms with Crippen LogP contribution in [-0.2, 0) is 21.4 Å². The van der Waals surface area contributed by atoms with Crippen molar-refractivity contribution in [1.82, 2.24) is 24.1 Å². The van der Waals surface area contributed by atoms with Crippen LogP contribution in [0.25, 0.3) is 10.2 Å². The van der Waals surface area contributed by atoms with Gasteiger partial charge in [0.2, 0.25) is 15.9 Å². The van der Waals surface area contributed by atoms with Crippen molar-refractivity contribution in [1.29, 1.82) is 0 Å². The minimum Gasteiger partial charge on any atom is -0.354 e. The summed E-state index contributed by atoms with van der Waals surface area (Å²) in [7, 11) is -3.86. The molecule has 2 aliphatic rings. The Bertz CT molecular complexity index is 1260. The number of piperidine rings is 2. The number of rotatable bonds is 9. The van der Waals surface area contributed by atoms with Crippen molar-refractivity contribution < 1.29 is 13.2 Å². The molecular formula is C26H41N5O4S2. The highest BCUT2D eigenvalue weighted by molar-refractivity contribution is 7.89. The number of fused-ring (bicyclic) bond motifs is 1. The second-order valence-electron chi connectivity index (χ2n) is 10.9. The van der Waals surface area contributed by atoms with Crippen LogP contribution in [0.4, 0.5) is 0 Å². The van der Waals surface area contributed by atoms with Gasteiger partial charge >= 0.3 is 0 Å². The summed E-state index contributed by atoms with van der Waals surface area (Å²) in [5.74, 6) is 0.235. The van der Waals surface area contributed by atoms with Gasteiger partial charge < -0.3 is 10.2 Å². The van der Waals surface area contributed by atoms with Gasteiger partial charge in [-0.05, 0) is 57.4 Å². The van der Waals surface area contributed by atoms with Gasteiger partial charge in [0, 0.05) is 37.1 Å². The zero-order valence-corrected chi connectivity index (χ0v) is 24.2. The van der Waals surface area contributed by atoms with Crippen LogP contribution in [0.5, 0.6) is 0 Å². The Labute approximate surface area is 224 Å². The summed E-state index contributed by atoms with van der Waals surface area (Å²) in [6, 6.07) is 0.636. The lowest BCUT2D eigenvalue weighted by Gasteiger charge is -2.35. The van der Waals surface area contributed by atoms with E-state index in [9.17, 15) is 18.0 Å². The smallest absolute Gasteiger partial charge is 0.263 e. The number of aromatic nitrogens is 2. The molecule has 11 heteroatoms. The Hall–Kier alpha value is -1.82. The number of likely N-dealkylation sites (tertiary alicyclic amines) is 1. The normalized spacial score (nSPS) is 23.9. The molecule has 3 atom stereocenters.